The van der Waals surface area contributed by atoms with E-state index in [1.165, 1.54) is 19.2 Å². The number of ether oxygens (including phenoxy) is 1. The van der Waals surface area contributed by atoms with Crippen LogP contribution in [0.15, 0.2) is 12.1 Å². The summed E-state index contributed by atoms with van der Waals surface area (Å²) in [5.41, 5.74) is 6.49. The monoisotopic (exact) mass is 224 g/mol. The number of nitriles is 1. The molecule has 1 aromatic rings. The van der Waals surface area contributed by atoms with Crippen LogP contribution in [-0.4, -0.2) is 13.1 Å². The second kappa shape index (κ2) is 4.78. The molecule has 78 valence electrons. The van der Waals surface area contributed by atoms with Gasteiger partial charge in [0, 0.05) is 12.1 Å². The maximum atomic E-state index is 11.3. The SMILES string of the molecule is COC(=O)c1ccc(C#N)c(Cl)c1CN. The van der Waals surface area contributed by atoms with Gasteiger partial charge in [0.15, 0.2) is 0 Å². The molecule has 0 heterocycles. The first-order valence-corrected chi connectivity index (χ1v) is 4.53. The number of methoxy groups -OCH3 is 1. The van der Waals surface area contributed by atoms with Crippen LogP contribution in [0.4, 0.5) is 0 Å². The lowest BCUT2D eigenvalue weighted by molar-refractivity contribution is 0.0599. The standard InChI is InChI=1S/C10H9ClN2O2/c1-15-10(14)7-3-2-6(4-12)9(11)8(7)5-13/h2-3H,5,13H2,1H3. The van der Waals surface area contributed by atoms with Gasteiger partial charge in [-0.3, -0.25) is 0 Å². The normalized spacial score (nSPS) is 9.47. The fourth-order valence-corrected chi connectivity index (χ4v) is 1.49. The number of nitrogens with zero attached hydrogens (tertiary/aromatic N) is 1. The van der Waals surface area contributed by atoms with Crippen LogP contribution in [0.5, 0.6) is 0 Å². The Labute approximate surface area is 92.2 Å². The molecule has 5 heteroatoms. The molecule has 2 N–H and O–H groups in total. The minimum atomic E-state index is -0.512. The first kappa shape index (κ1) is 11.5. The van der Waals surface area contributed by atoms with Gasteiger partial charge in [0.2, 0.25) is 0 Å². The number of carbonyl (C=O) groups excluding carboxylic acids is 1. The highest BCUT2D eigenvalue weighted by atomic mass is 35.5. The summed E-state index contributed by atoms with van der Waals surface area (Å²) in [6, 6.07) is 4.87. The molecular formula is C10H9ClN2O2. The molecule has 0 atom stereocenters. The van der Waals surface area contributed by atoms with Gasteiger partial charge in [-0.2, -0.15) is 5.26 Å². The van der Waals surface area contributed by atoms with Crippen molar-refractivity contribution in [3.63, 3.8) is 0 Å². The Kier molecular flexibility index (Phi) is 3.67. The summed E-state index contributed by atoms with van der Waals surface area (Å²) in [7, 11) is 1.27. The Morgan fingerprint density at radius 1 is 1.67 bits per heavy atom. The lowest BCUT2D eigenvalue weighted by atomic mass is 10.0. The zero-order chi connectivity index (χ0) is 11.4. The number of rotatable bonds is 2. The molecule has 0 saturated heterocycles. The van der Waals surface area contributed by atoms with Crippen molar-refractivity contribution in [1.29, 1.82) is 5.26 Å². The van der Waals surface area contributed by atoms with E-state index in [4.69, 9.17) is 22.6 Å². The summed E-state index contributed by atoms with van der Waals surface area (Å²) >= 11 is 5.90. The third kappa shape index (κ3) is 2.09. The molecule has 15 heavy (non-hydrogen) atoms. The highest BCUT2D eigenvalue weighted by molar-refractivity contribution is 6.33. The number of benzene rings is 1. The van der Waals surface area contributed by atoms with E-state index in [-0.39, 0.29) is 11.6 Å². The van der Waals surface area contributed by atoms with E-state index in [0.717, 1.165) is 0 Å². The molecule has 0 aliphatic rings. The second-order valence-corrected chi connectivity index (χ2v) is 3.14. The highest BCUT2D eigenvalue weighted by Crippen LogP contribution is 2.24. The molecule has 0 spiro atoms. The highest BCUT2D eigenvalue weighted by Gasteiger charge is 2.16. The van der Waals surface area contributed by atoms with Crippen molar-refractivity contribution in [3.8, 4) is 6.07 Å². The van der Waals surface area contributed by atoms with E-state index >= 15 is 0 Å². The van der Waals surface area contributed by atoms with Crippen LogP contribution in [0.25, 0.3) is 0 Å². The number of halogens is 1. The quantitative estimate of drug-likeness (QED) is 0.772. The summed E-state index contributed by atoms with van der Waals surface area (Å²) in [5, 5.41) is 8.94. The van der Waals surface area contributed by atoms with Crippen LogP contribution in [0.1, 0.15) is 21.5 Å². The predicted molar refractivity (Wildman–Crippen MR) is 55.4 cm³/mol. The first-order chi connectivity index (χ1) is 7.15. The summed E-state index contributed by atoms with van der Waals surface area (Å²) in [4.78, 5) is 11.3. The Hall–Kier alpha value is -1.57. The van der Waals surface area contributed by atoms with Crippen LogP contribution in [0.3, 0.4) is 0 Å². The van der Waals surface area contributed by atoms with Crippen molar-refractivity contribution in [1.82, 2.24) is 0 Å². The average molecular weight is 225 g/mol. The van der Waals surface area contributed by atoms with Crippen LogP contribution in [0.2, 0.25) is 5.02 Å². The zero-order valence-corrected chi connectivity index (χ0v) is 8.84. The summed E-state index contributed by atoms with van der Waals surface area (Å²) in [5.74, 6) is -0.512. The fraction of sp³-hybridized carbons (Fsp3) is 0.200. The van der Waals surface area contributed by atoms with E-state index in [0.29, 0.717) is 16.7 Å². The van der Waals surface area contributed by atoms with Crippen LogP contribution < -0.4 is 5.73 Å². The van der Waals surface area contributed by atoms with Crippen molar-refractivity contribution in [2.45, 2.75) is 6.54 Å². The minimum absolute atomic E-state index is 0.0821. The van der Waals surface area contributed by atoms with Crippen molar-refractivity contribution in [2.24, 2.45) is 5.73 Å². The minimum Gasteiger partial charge on any atom is -0.465 e. The smallest absolute Gasteiger partial charge is 0.338 e. The number of hydrogen-bond donors (Lipinski definition) is 1. The molecule has 1 rings (SSSR count). The molecule has 0 unspecified atom stereocenters. The molecule has 0 aliphatic carbocycles. The number of hydrogen-bond acceptors (Lipinski definition) is 4. The van der Waals surface area contributed by atoms with Gasteiger partial charge in [-0.1, -0.05) is 11.6 Å². The third-order valence-electron chi connectivity index (χ3n) is 1.97. The molecule has 0 radical (unpaired) electrons. The van der Waals surface area contributed by atoms with Crippen LogP contribution >= 0.6 is 11.6 Å². The van der Waals surface area contributed by atoms with Crippen molar-refractivity contribution < 1.29 is 9.53 Å². The topological polar surface area (TPSA) is 76.1 Å². The Morgan fingerprint density at radius 3 is 2.80 bits per heavy atom. The summed E-state index contributed by atoms with van der Waals surface area (Å²) < 4.78 is 4.57. The number of esters is 1. The molecule has 0 aromatic heterocycles. The molecule has 0 amide bonds. The van der Waals surface area contributed by atoms with Crippen LogP contribution in [0, 0.1) is 11.3 Å². The largest absolute Gasteiger partial charge is 0.465 e. The summed E-state index contributed by atoms with van der Waals surface area (Å²) in [6.45, 7) is 0.0821. The molecule has 0 aliphatic heterocycles. The Balaban J connectivity index is 3.39. The van der Waals surface area contributed by atoms with Gasteiger partial charge in [-0.25, -0.2) is 4.79 Å². The van der Waals surface area contributed by atoms with Gasteiger partial charge in [0.25, 0.3) is 0 Å². The Bertz CT molecular complexity index is 438. The molecule has 1 aromatic carbocycles. The Morgan fingerprint density at radius 2 is 2.33 bits per heavy atom. The lowest BCUT2D eigenvalue weighted by Gasteiger charge is -2.08. The average Bonchev–Trinajstić information content (AvgIpc) is 2.27. The van der Waals surface area contributed by atoms with Gasteiger partial charge in [-0.15, -0.1) is 0 Å². The number of nitrogens with two attached hydrogens (primary N) is 1. The summed E-state index contributed by atoms with van der Waals surface area (Å²) in [6.07, 6.45) is 0. The second-order valence-electron chi connectivity index (χ2n) is 2.76. The van der Waals surface area contributed by atoms with Gasteiger partial charge >= 0.3 is 5.97 Å². The maximum Gasteiger partial charge on any atom is 0.338 e. The van der Waals surface area contributed by atoms with Crippen molar-refractivity contribution in [3.05, 3.63) is 33.8 Å². The van der Waals surface area contributed by atoms with E-state index in [1.54, 1.807) is 0 Å². The van der Waals surface area contributed by atoms with Gasteiger partial charge in [0.1, 0.15) is 6.07 Å². The first-order valence-electron chi connectivity index (χ1n) is 4.15. The zero-order valence-electron chi connectivity index (χ0n) is 8.08. The molecule has 0 saturated carbocycles. The van der Waals surface area contributed by atoms with Crippen LogP contribution in [-0.2, 0) is 11.3 Å². The molecular weight excluding hydrogens is 216 g/mol. The molecule has 0 bridgehead atoms. The van der Waals surface area contributed by atoms with Gasteiger partial charge in [-0.05, 0) is 12.1 Å². The predicted octanol–water partition coefficient (Wildman–Crippen LogP) is 1.46. The van der Waals surface area contributed by atoms with E-state index < -0.39 is 5.97 Å². The van der Waals surface area contributed by atoms with Crippen molar-refractivity contribution in [2.75, 3.05) is 7.11 Å². The fourth-order valence-electron chi connectivity index (χ4n) is 1.21. The van der Waals surface area contributed by atoms with E-state index in [1.807, 2.05) is 6.07 Å². The maximum absolute atomic E-state index is 11.3. The molecule has 4 nitrogen and oxygen atoms in total. The van der Waals surface area contributed by atoms with Crippen molar-refractivity contribution >= 4 is 17.6 Å². The van der Waals surface area contributed by atoms with Gasteiger partial charge in [0.05, 0.1) is 23.3 Å². The molecule has 0 fully saturated rings. The van der Waals surface area contributed by atoms with E-state index in [9.17, 15) is 4.79 Å². The lowest BCUT2D eigenvalue weighted by Crippen LogP contribution is -2.10. The third-order valence-corrected chi connectivity index (χ3v) is 2.40. The van der Waals surface area contributed by atoms with Gasteiger partial charge < -0.3 is 10.5 Å². The van der Waals surface area contributed by atoms with E-state index in [2.05, 4.69) is 4.74 Å². The number of carbonyl (C=O) groups is 1.